The van der Waals surface area contributed by atoms with E-state index in [2.05, 4.69) is 23.7 Å². The first kappa shape index (κ1) is 16.5. The molecular weight excluding hydrogens is 298 g/mol. The fourth-order valence-electron chi connectivity index (χ4n) is 2.34. The zero-order chi connectivity index (χ0) is 16.3. The number of anilines is 1. The highest BCUT2D eigenvalue weighted by atomic mass is 32.2. The maximum Gasteiger partial charge on any atom is 0.265 e. The monoisotopic (exact) mass is 321 g/mol. The zero-order valence-corrected chi connectivity index (χ0v) is 14.3. The van der Waals surface area contributed by atoms with Crippen LogP contribution >= 0.6 is 0 Å². The first-order chi connectivity index (χ1) is 10.4. The lowest BCUT2D eigenvalue weighted by Crippen LogP contribution is -2.14. The van der Waals surface area contributed by atoms with Crippen molar-refractivity contribution in [2.75, 3.05) is 4.72 Å². The Bertz CT molecular complexity index is 733. The van der Waals surface area contributed by atoms with E-state index in [-0.39, 0.29) is 4.90 Å². The highest BCUT2D eigenvalue weighted by molar-refractivity contribution is 7.92. The van der Waals surface area contributed by atoms with Gasteiger partial charge in [-0.25, -0.2) is 8.42 Å². The van der Waals surface area contributed by atoms with Crippen molar-refractivity contribution in [2.24, 2.45) is 0 Å². The van der Waals surface area contributed by atoms with Crippen molar-refractivity contribution in [2.45, 2.75) is 51.5 Å². The van der Waals surface area contributed by atoms with Crippen LogP contribution in [0.1, 0.15) is 44.4 Å². The van der Waals surface area contributed by atoms with E-state index in [4.69, 9.17) is 0 Å². The maximum atomic E-state index is 12.5. The molecule has 0 aliphatic heterocycles. The average molecular weight is 321 g/mol. The van der Waals surface area contributed by atoms with E-state index in [1.807, 2.05) is 19.1 Å². The molecule has 0 saturated carbocycles. The first-order valence-corrected chi connectivity index (χ1v) is 9.02. The third-order valence-electron chi connectivity index (χ3n) is 3.99. The number of aryl methyl sites for hydroxylation is 1. The molecule has 2 rings (SSSR count). The molecular formula is C16H23N3O2S. The van der Waals surface area contributed by atoms with Gasteiger partial charge in [-0.2, -0.15) is 5.10 Å². The first-order valence-electron chi connectivity index (χ1n) is 7.54. The van der Waals surface area contributed by atoms with E-state index in [0.29, 0.717) is 23.8 Å². The summed E-state index contributed by atoms with van der Waals surface area (Å²) < 4.78 is 29.2. The van der Waals surface area contributed by atoms with Crippen molar-refractivity contribution in [3.05, 3.63) is 41.7 Å². The van der Waals surface area contributed by atoms with Gasteiger partial charge in [0.05, 0.1) is 11.9 Å². The second-order valence-corrected chi connectivity index (χ2v) is 7.10. The van der Waals surface area contributed by atoms with E-state index < -0.39 is 10.0 Å². The molecule has 22 heavy (non-hydrogen) atoms. The molecule has 1 N–H and O–H groups in total. The topological polar surface area (TPSA) is 64.0 Å². The molecule has 0 radical (unpaired) electrons. The van der Waals surface area contributed by atoms with E-state index in [0.717, 1.165) is 6.42 Å². The van der Waals surface area contributed by atoms with Crippen molar-refractivity contribution < 1.29 is 8.42 Å². The molecule has 1 aromatic carbocycles. The third kappa shape index (κ3) is 3.32. The van der Waals surface area contributed by atoms with Crippen molar-refractivity contribution >= 4 is 15.7 Å². The maximum absolute atomic E-state index is 12.5. The fraction of sp³-hybridized carbons (Fsp3) is 0.438. The quantitative estimate of drug-likeness (QED) is 0.885. The Hall–Kier alpha value is -1.82. The van der Waals surface area contributed by atoms with Gasteiger partial charge in [-0.3, -0.25) is 9.40 Å². The summed E-state index contributed by atoms with van der Waals surface area (Å²) in [5.74, 6) is 0.468. The fourth-order valence-corrected chi connectivity index (χ4v) is 3.57. The van der Waals surface area contributed by atoms with E-state index in [1.54, 1.807) is 23.7 Å². The molecule has 0 aliphatic carbocycles. The Morgan fingerprint density at radius 1 is 1.23 bits per heavy atom. The van der Waals surface area contributed by atoms with Gasteiger partial charge in [0.15, 0.2) is 0 Å². The molecule has 0 amide bonds. The molecule has 1 unspecified atom stereocenters. The van der Waals surface area contributed by atoms with Gasteiger partial charge in [0.25, 0.3) is 10.0 Å². The lowest BCUT2D eigenvalue weighted by molar-refractivity contribution is 0.598. The number of aromatic nitrogens is 2. The van der Waals surface area contributed by atoms with E-state index in [1.165, 1.54) is 11.8 Å². The summed E-state index contributed by atoms with van der Waals surface area (Å²) in [6, 6.07) is 7.54. The minimum absolute atomic E-state index is 0.223. The Labute approximate surface area is 132 Å². The Kier molecular flexibility index (Phi) is 4.90. The van der Waals surface area contributed by atoms with Crippen molar-refractivity contribution in [3.63, 3.8) is 0 Å². The molecule has 1 atom stereocenters. The molecule has 0 spiro atoms. The van der Waals surface area contributed by atoms with Gasteiger partial charge in [-0.05, 0) is 43.9 Å². The lowest BCUT2D eigenvalue weighted by Gasteiger charge is -2.11. The van der Waals surface area contributed by atoms with Gasteiger partial charge < -0.3 is 0 Å². The van der Waals surface area contributed by atoms with Gasteiger partial charge >= 0.3 is 0 Å². The average Bonchev–Trinajstić information content (AvgIpc) is 2.88. The predicted octanol–water partition coefficient (Wildman–Crippen LogP) is 3.53. The molecule has 0 aliphatic rings. The Morgan fingerprint density at radius 3 is 2.36 bits per heavy atom. The summed E-state index contributed by atoms with van der Waals surface area (Å²) in [5, 5.41) is 4.09. The minimum atomic E-state index is -3.61. The normalized spacial score (nSPS) is 13.1. The number of hydrogen-bond acceptors (Lipinski definition) is 3. The number of rotatable bonds is 6. The number of nitrogens with zero attached hydrogens (tertiary/aromatic N) is 2. The number of sulfonamides is 1. The summed E-state index contributed by atoms with van der Waals surface area (Å²) >= 11 is 0. The van der Waals surface area contributed by atoms with Crippen LogP contribution in [0.5, 0.6) is 0 Å². The Morgan fingerprint density at radius 2 is 1.86 bits per heavy atom. The van der Waals surface area contributed by atoms with Crippen molar-refractivity contribution in [3.8, 4) is 0 Å². The van der Waals surface area contributed by atoms with Gasteiger partial charge in [0.2, 0.25) is 0 Å². The summed E-state index contributed by atoms with van der Waals surface area (Å²) in [4.78, 5) is 0.223. The second kappa shape index (κ2) is 6.52. The SMILES string of the molecule is CCC(C)c1ccc(NS(=O)(=O)c2cnn(CC)c2C)cc1. The van der Waals surface area contributed by atoms with Crippen LogP contribution in [0.4, 0.5) is 5.69 Å². The van der Waals surface area contributed by atoms with Crippen LogP contribution in [-0.4, -0.2) is 18.2 Å². The summed E-state index contributed by atoms with van der Waals surface area (Å²) in [6.07, 6.45) is 2.45. The molecule has 6 heteroatoms. The summed E-state index contributed by atoms with van der Waals surface area (Å²) in [5.41, 5.74) is 2.42. The smallest absolute Gasteiger partial charge is 0.265 e. The van der Waals surface area contributed by atoms with E-state index in [9.17, 15) is 8.42 Å². The number of nitrogens with one attached hydrogen (secondary N) is 1. The van der Waals surface area contributed by atoms with Crippen LogP contribution in [0.15, 0.2) is 35.4 Å². The van der Waals surface area contributed by atoms with Crippen LogP contribution in [0.3, 0.4) is 0 Å². The molecule has 5 nitrogen and oxygen atoms in total. The molecule has 0 saturated heterocycles. The zero-order valence-electron chi connectivity index (χ0n) is 13.5. The molecule has 0 bridgehead atoms. The van der Waals surface area contributed by atoms with Crippen molar-refractivity contribution in [1.82, 2.24) is 9.78 Å². The Balaban J connectivity index is 2.23. The van der Waals surface area contributed by atoms with Gasteiger partial charge in [-0.1, -0.05) is 26.0 Å². The van der Waals surface area contributed by atoms with Crippen LogP contribution in [0, 0.1) is 6.92 Å². The molecule has 2 aromatic rings. The molecule has 0 fully saturated rings. The van der Waals surface area contributed by atoms with E-state index >= 15 is 0 Å². The highest BCUT2D eigenvalue weighted by Gasteiger charge is 2.20. The standard InChI is InChI=1S/C16H23N3O2S/c1-5-12(3)14-7-9-15(10-8-14)18-22(20,21)16-11-17-19(6-2)13(16)4/h7-12,18H,5-6H2,1-4H3. The third-order valence-corrected chi connectivity index (χ3v) is 5.48. The number of hydrogen-bond donors (Lipinski definition) is 1. The molecule has 1 aromatic heterocycles. The van der Waals surface area contributed by atoms with Crippen LogP contribution in [-0.2, 0) is 16.6 Å². The number of benzene rings is 1. The highest BCUT2D eigenvalue weighted by Crippen LogP contribution is 2.23. The summed E-state index contributed by atoms with van der Waals surface area (Å²) in [7, 11) is -3.61. The van der Waals surface area contributed by atoms with Gasteiger partial charge in [0, 0.05) is 12.2 Å². The molecule has 120 valence electrons. The molecule has 1 heterocycles. The largest absolute Gasteiger partial charge is 0.280 e. The van der Waals surface area contributed by atoms with Crippen LogP contribution < -0.4 is 4.72 Å². The predicted molar refractivity (Wildman–Crippen MR) is 88.6 cm³/mol. The summed E-state index contributed by atoms with van der Waals surface area (Å²) in [6.45, 7) is 8.62. The van der Waals surface area contributed by atoms with Crippen molar-refractivity contribution in [1.29, 1.82) is 0 Å². The van der Waals surface area contributed by atoms with Crippen LogP contribution in [0.2, 0.25) is 0 Å². The van der Waals surface area contributed by atoms with Gasteiger partial charge in [-0.15, -0.1) is 0 Å². The lowest BCUT2D eigenvalue weighted by atomic mass is 9.99. The minimum Gasteiger partial charge on any atom is -0.280 e. The second-order valence-electron chi connectivity index (χ2n) is 5.45. The van der Waals surface area contributed by atoms with Gasteiger partial charge in [0.1, 0.15) is 4.90 Å². The van der Waals surface area contributed by atoms with Crippen LogP contribution in [0.25, 0.3) is 0 Å².